The highest BCUT2D eigenvalue weighted by Gasteiger charge is 2.22. The first-order valence-corrected chi connectivity index (χ1v) is 11.5. The van der Waals surface area contributed by atoms with E-state index in [9.17, 15) is 8.42 Å². The van der Waals surface area contributed by atoms with Crippen molar-refractivity contribution in [2.45, 2.75) is 37.8 Å². The second-order valence-corrected chi connectivity index (χ2v) is 9.50. The Bertz CT molecular complexity index is 1120. The number of benzene rings is 1. The summed E-state index contributed by atoms with van der Waals surface area (Å²) in [6, 6.07) is 14.5. The highest BCUT2D eigenvalue weighted by Crippen LogP contribution is 2.25. The Labute approximate surface area is 177 Å². The van der Waals surface area contributed by atoms with E-state index in [1.165, 1.54) is 0 Å². The summed E-state index contributed by atoms with van der Waals surface area (Å²) in [5, 5.41) is 3.48. The predicted octanol–water partition coefficient (Wildman–Crippen LogP) is 3.64. The maximum atomic E-state index is 12.9. The topological polar surface area (TPSA) is 87.5 Å². The van der Waals surface area contributed by atoms with Crippen molar-refractivity contribution in [1.29, 1.82) is 0 Å². The number of sulfonamides is 1. The van der Waals surface area contributed by atoms with Crippen LogP contribution in [0, 0.1) is 6.92 Å². The van der Waals surface area contributed by atoms with Crippen LogP contribution in [-0.4, -0.2) is 38.6 Å². The van der Waals surface area contributed by atoms with Crippen molar-refractivity contribution in [1.82, 2.24) is 10.3 Å². The Balaban J connectivity index is 1.52. The lowest BCUT2D eigenvalue weighted by atomic mass is 10.1. The molecule has 1 aromatic carbocycles. The summed E-state index contributed by atoms with van der Waals surface area (Å²) >= 11 is 0. The summed E-state index contributed by atoms with van der Waals surface area (Å²) < 4.78 is 34.0. The molecule has 1 saturated heterocycles. The number of nitrogens with zero attached hydrogens (tertiary/aromatic N) is 2. The van der Waals surface area contributed by atoms with Crippen molar-refractivity contribution in [2.75, 3.05) is 22.7 Å². The van der Waals surface area contributed by atoms with E-state index in [4.69, 9.17) is 4.42 Å². The van der Waals surface area contributed by atoms with Gasteiger partial charge in [-0.25, -0.2) is 13.4 Å². The summed E-state index contributed by atoms with van der Waals surface area (Å²) in [4.78, 5) is 6.80. The lowest BCUT2D eigenvalue weighted by Gasteiger charge is -2.37. The van der Waals surface area contributed by atoms with E-state index in [-0.39, 0.29) is 4.90 Å². The van der Waals surface area contributed by atoms with Gasteiger partial charge in [0.1, 0.15) is 17.3 Å². The Morgan fingerprint density at radius 3 is 2.40 bits per heavy atom. The van der Waals surface area contributed by atoms with Crippen molar-refractivity contribution >= 4 is 21.5 Å². The molecular formula is C22H26N4O3S. The fourth-order valence-corrected chi connectivity index (χ4v) is 4.82. The molecular weight excluding hydrogens is 400 g/mol. The third-order valence-corrected chi connectivity index (χ3v) is 6.47. The molecule has 0 radical (unpaired) electrons. The molecule has 0 saturated carbocycles. The van der Waals surface area contributed by atoms with Crippen LogP contribution in [0.25, 0.3) is 11.3 Å². The summed E-state index contributed by atoms with van der Waals surface area (Å²) in [6.07, 6.45) is 1.63. The van der Waals surface area contributed by atoms with E-state index in [1.807, 2.05) is 19.1 Å². The first-order chi connectivity index (χ1) is 14.3. The van der Waals surface area contributed by atoms with Crippen LogP contribution in [0.15, 0.2) is 64.0 Å². The smallest absolute Gasteiger partial charge is 0.261 e. The first-order valence-electron chi connectivity index (χ1n) is 9.97. The summed E-state index contributed by atoms with van der Waals surface area (Å²) in [5.41, 5.74) is 1.32. The number of nitrogens with one attached hydrogen (secondary N) is 2. The average Bonchev–Trinajstić information content (AvgIpc) is 3.14. The molecule has 30 heavy (non-hydrogen) atoms. The predicted molar refractivity (Wildman–Crippen MR) is 118 cm³/mol. The molecule has 0 bridgehead atoms. The summed E-state index contributed by atoms with van der Waals surface area (Å²) in [6.45, 7) is 7.77. The molecule has 4 rings (SSSR count). The van der Waals surface area contributed by atoms with Crippen LogP contribution in [-0.2, 0) is 10.0 Å². The van der Waals surface area contributed by atoms with Crippen molar-refractivity contribution < 1.29 is 12.8 Å². The van der Waals surface area contributed by atoms with E-state index < -0.39 is 10.0 Å². The van der Waals surface area contributed by atoms with Gasteiger partial charge in [-0.1, -0.05) is 0 Å². The fourth-order valence-electron chi connectivity index (χ4n) is 3.77. The zero-order chi connectivity index (χ0) is 21.3. The average molecular weight is 427 g/mol. The largest absolute Gasteiger partial charge is 0.461 e. The molecule has 0 unspecified atom stereocenters. The zero-order valence-corrected chi connectivity index (χ0v) is 18.1. The van der Waals surface area contributed by atoms with Crippen LogP contribution in [0.1, 0.15) is 19.6 Å². The number of piperazine rings is 1. The number of furan rings is 1. The quantitative estimate of drug-likeness (QED) is 0.648. The maximum Gasteiger partial charge on any atom is 0.261 e. The van der Waals surface area contributed by atoms with Crippen LogP contribution >= 0.6 is 0 Å². The van der Waals surface area contributed by atoms with E-state index in [2.05, 4.69) is 33.8 Å². The van der Waals surface area contributed by atoms with Gasteiger partial charge >= 0.3 is 0 Å². The minimum atomic E-state index is -3.72. The Hall–Kier alpha value is -2.84. The molecule has 8 heteroatoms. The molecule has 3 aromatic rings. The molecule has 2 atom stereocenters. The third-order valence-electron chi connectivity index (χ3n) is 5.07. The van der Waals surface area contributed by atoms with Crippen LogP contribution < -0.4 is 14.9 Å². The van der Waals surface area contributed by atoms with Crippen molar-refractivity contribution in [2.24, 2.45) is 0 Å². The molecule has 0 aliphatic carbocycles. The minimum absolute atomic E-state index is 0.192. The van der Waals surface area contributed by atoms with Crippen molar-refractivity contribution in [3.05, 3.63) is 60.5 Å². The molecule has 1 fully saturated rings. The highest BCUT2D eigenvalue weighted by molar-refractivity contribution is 7.92. The van der Waals surface area contributed by atoms with Crippen molar-refractivity contribution in [3.63, 3.8) is 0 Å². The van der Waals surface area contributed by atoms with Gasteiger partial charge in [-0.3, -0.25) is 4.72 Å². The van der Waals surface area contributed by atoms with Gasteiger partial charge in [0.05, 0.1) is 10.6 Å². The van der Waals surface area contributed by atoms with Crippen LogP contribution in [0.4, 0.5) is 11.5 Å². The van der Waals surface area contributed by atoms with E-state index in [0.29, 0.717) is 23.5 Å². The van der Waals surface area contributed by atoms with Gasteiger partial charge in [0, 0.05) is 43.0 Å². The molecule has 158 valence electrons. The number of rotatable bonds is 5. The normalized spacial score (nSPS) is 19.6. The second kappa shape index (κ2) is 8.12. The number of aromatic nitrogens is 1. The van der Waals surface area contributed by atoms with Gasteiger partial charge in [0.25, 0.3) is 10.0 Å². The van der Waals surface area contributed by atoms with Gasteiger partial charge < -0.3 is 14.6 Å². The fraction of sp³-hybridized carbons (Fsp3) is 0.318. The van der Waals surface area contributed by atoms with Gasteiger partial charge in [-0.15, -0.1) is 0 Å². The number of hydrogen-bond donors (Lipinski definition) is 2. The van der Waals surface area contributed by atoms with Gasteiger partial charge in [-0.05, 0) is 63.2 Å². The van der Waals surface area contributed by atoms with Crippen LogP contribution in [0.3, 0.4) is 0 Å². The molecule has 1 aliphatic heterocycles. The SMILES string of the molecule is Cc1ccc(-c2ccc(S(=O)(=O)Nc3ccnc(N4C[C@@H](C)N[C@@H](C)C4)c3)cc2)o1. The molecule has 0 spiro atoms. The van der Waals surface area contributed by atoms with Gasteiger partial charge in [0.2, 0.25) is 0 Å². The van der Waals surface area contributed by atoms with E-state index >= 15 is 0 Å². The molecule has 2 N–H and O–H groups in total. The van der Waals surface area contributed by atoms with E-state index in [1.54, 1.807) is 42.6 Å². The number of pyridine rings is 1. The summed E-state index contributed by atoms with van der Waals surface area (Å²) in [7, 11) is -3.72. The molecule has 0 amide bonds. The molecule has 1 aliphatic rings. The zero-order valence-electron chi connectivity index (χ0n) is 17.3. The molecule has 7 nitrogen and oxygen atoms in total. The Kier molecular flexibility index (Phi) is 5.53. The Morgan fingerprint density at radius 1 is 1.07 bits per heavy atom. The Morgan fingerprint density at radius 2 is 1.77 bits per heavy atom. The molecule has 2 aromatic heterocycles. The van der Waals surface area contributed by atoms with Gasteiger partial charge in [0.15, 0.2) is 0 Å². The lowest BCUT2D eigenvalue weighted by molar-refractivity contribution is 0.405. The van der Waals surface area contributed by atoms with Crippen molar-refractivity contribution in [3.8, 4) is 11.3 Å². The van der Waals surface area contributed by atoms with Crippen LogP contribution in [0.5, 0.6) is 0 Å². The second-order valence-electron chi connectivity index (χ2n) is 7.82. The van der Waals surface area contributed by atoms with E-state index in [0.717, 1.165) is 30.2 Å². The standard InChI is InChI=1S/C22H26N4O3S/c1-15-13-26(14-16(2)24-15)22-12-19(10-11-23-22)25-30(27,28)20-7-5-18(6-8-20)21-9-4-17(3)29-21/h4-12,15-16,24H,13-14H2,1-3H3,(H,23,25)/t15-,16+. The number of hydrogen-bond acceptors (Lipinski definition) is 6. The maximum absolute atomic E-state index is 12.9. The first kappa shape index (κ1) is 20.4. The number of anilines is 2. The lowest BCUT2D eigenvalue weighted by Crippen LogP contribution is -2.54. The minimum Gasteiger partial charge on any atom is -0.461 e. The van der Waals surface area contributed by atoms with Gasteiger partial charge in [-0.2, -0.15) is 0 Å². The third kappa shape index (κ3) is 4.49. The van der Waals surface area contributed by atoms with Crippen LogP contribution in [0.2, 0.25) is 0 Å². The summed E-state index contributed by atoms with van der Waals surface area (Å²) in [5.74, 6) is 2.28. The highest BCUT2D eigenvalue weighted by atomic mass is 32.2. The monoisotopic (exact) mass is 426 g/mol. The number of aryl methyl sites for hydroxylation is 1. The molecule has 3 heterocycles.